The highest BCUT2D eigenvalue weighted by atomic mass is 35.5. The predicted octanol–water partition coefficient (Wildman–Crippen LogP) is 5.43. The number of anilines is 3. The van der Waals surface area contributed by atoms with Gasteiger partial charge >= 0.3 is 0 Å². The van der Waals surface area contributed by atoms with Crippen LogP contribution in [0.15, 0.2) is 36.7 Å². The summed E-state index contributed by atoms with van der Waals surface area (Å²) in [6, 6.07) is 7.64. The van der Waals surface area contributed by atoms with Gasteiger partial charge in [-0.1, -0.05) is 37.0 Å². The number of fused-ring (bicyclic) bond motifs is 1. The van der Waals surface area contributed by atoms with Crippen LogP contribution in [0.1, 0.15) is 13.8 Å². The molecule has 3 rings (SSSR count). The van der Waals surface area contributed by atoms with Crippen LogP contribution in [0.4, 0.5) is 21.6 Å². The van der Waals surface area contributed by atoms with Gasteiger partial charge in [0.2, 0.25) is 0 Å². The Hall–Kier alpha value is -2.11. The maximum absolute atomic E-state index is 13.2. The Morgan fingerprint density at radius 2 is 1.78 bits per heavy atom. The number of aromatic nitrogens is 2. The lowest BCUT2D eigenvalue weighted by Crippen LogP contribution is -1.97. The number of benzene rings is 2. The molecule has 7 heteroatoms. The smallest absolute Gasteiger partial charge is 0.141 e. The number of nitrogen functional groups attached to an aromatic ring is 1. The van der Waals surface area contributed by atoms with Gasteiger partial charge in [0.05, 0.1) is 15.6 Å². The second-order valence-electron chi connectivity index (χ2n) is 4.38. The maximum atomic E-state index is 13.2. The molecule has 0 aliphatic carbocycles. The Morgan fingerprint density at radius 3 is 2.48 bits per heavy atom. The zero-order valence-electron chi connectivity index (χ0n) is 12.6. The normalized spacial score (nSPS) is 10.1. The first-order valence-corrected chi connectivity index (χ1v) is 7.72. The second kappa shape index (κ2) is 7.44. The minimum absolute atomic E-state index is 0.0240. The van der Waals surface area contributed by atoms with E-state index in [4.69, 9.17) is 28.9 Å². The van der Waals surface area contributed by atoms with Gasteiger partial charge in [-0.2, -0.15) is 0 Å². The van der Waals surface area contributed by atoms with E-state index in [-0.39, 0.29) is 5.02 Å². The number of hydrogen-bond donors (Lipinski definition) is 2. The summed E-state index contributed by atoms with van der Waals surface area (Å²) in [7, 11) is 0. The monoisotopic (exact) mass is 352 g/mol. The average Bonchev–Trinajstić information content (AvgIpc) is 2.54. The van der Waals surface area contributed by atoms with E-state index in [2.05, 4.69) is 15.3 Å². The summed E-state index contributed by atoms with van der Waals surface area (Å²) < 4.78 is 13.2. The molecule has 1 heterocycles. The molecule has 0 bridgehead atoms. The van der Waals surface area contributed by atoms with Crippen molar-refractivity contribution in [2.24, 2.45) is 0 Å². The van der Waals surface area contributed by atoms with E-state index in [0.717, 1.165) is 0 Å². The fourth-order valence-electron chi connectivity index (χ4n) is 1.96. The number of nitrogens with one attached hydrogen (secondary N) is 1. The van der Waals surface area contributed by atoms with E-state index in [1.807, 2.05) is 13.8 Å². The predicted molar refractivity (Wildman–Crippen MR) is 95.0 cm³/mol. The summed E-state index contributed by atoms with van der Waals surface area (Å²) in [6.07, 6.45) is 1.39. The Kier molecular flexibility index (Phi) is 5.58. The first-order valence-electron chi connectivity index (χ1n) is 6.96. The summed E-state index contributed by atoms with van der Waals surface area (Å²) in [4.78, 5) is 8.29. The third-order valence-corrected chi connectivity index (χ3v) is 3.47. The van der Waals surface area contributed by atoms with Crippen molar-refractivity contribution in [2.45, 2.75) is 13.8 Å². The van der Waals surface area contributed by atoms with Crippen molar-refractivity contribution in [1.29, 1.82) is 0 Å². The molecular formula is C16H15Cl2FN4. The summed E-state index contributed by atoms with van der Waals surface area (Å²) in [5.74, 6) is 0.0268. The maximum Gasteiger partial charge on any atom is 0.141 e. The Morgan fingerprint density at radius 1 is 1.04 bits per heavy atom. The molecule has 23 heavy (non-hydrogen) atoms. The van der Waals surface area contributed by atoms with E-state index >= 15 is 0 Å². The molecule has 120 valence electrons. The van der Waals surface area contributed by atoms with E-state index in [1.165, 1.54) is 18.5 Å². The molecular weight excluding hydrogens is 338 g/mol. The largest absolute Gasteiger partial charge is 0.399 e. The lowest BCUT2D eigenvalue weighted by molar-refractivity contribution is 0.628. The van der Waals surface area contributed by atoms with Gasteiger partial charge in [-0.05, 0) is 30.3 Å². The second-order valence-corrected chi connectivity index (χ2v) is 5.19. The molecule has 3 N–H and O–H groups in total. The van der Waals surface area contributed by atoms with Gasteiger partial charge in [0.1, 0.15) is 18.0 Å². The van der Waals surface area contributed by atoms with Gasteiger partial charge < -0.3 is 11.1 Å². The molecule has 3 aromatic rings. The van der Waals surface area contributed by atoms with Crippen LogP contribution in [-0.4, -0.2) is 9.97 Å². The minimum Gasteiger partial charge on any atom is -0.399 e. The third kappa shape index (κ3) is 3.81. The van der Waals surface area contributed by atoms with Crippen LogP contribution in [0, 0.1) is 5.82 Å². The quantitative estimate of drug-likeness (QED) is 0.603. The molecule has 0 unspecified atom stereocenters. The standard InChI is InChI=1S/C14H9Cl2FN4.C2H6/c15-10-5-8(1-2-12(10)17)21-14-9-3-7(18)4-11(16)13(9)19-6-20-14;1-2/h1-6H,18H2,(H,19,20,21);1-2H3. The highest BCUT2D eigenvalue weighted by Crippen LogP contribution is 2.30. The molecule has 0 amide bonds. The van der Waals surface area contributed by atoms with Gasteiger partial charge in [0.25, 0.3) is 0 Å². The van der Waals surface area contributed by atoms with Crippen molar-refractivity contribution in [3.8, 4) is 0 Å². The van der Waals surface area contributed by atoms with Crippen LogP contribution in [0.3, 0.4) is 0 Å². The minimum atomic E-state index is -0.484. The molecule has 0 aliphatic rings. The SMILES string of the molecule is CC.Nc1cc(Cl)c2ncnc(Nc3ccc(F)c(Cl)c3)c2c1. The van der Waals surface area contributed by atoms with Gasteiger partial charge in [-0.3, -0.25) is 0 Å². The highest BCUT2D eigenvalue weighted by molar-refractivity contribution is 6.35. The van der Waals surface area contributed by atoms with Gasteiger partial charge in [-0.25, -0.2) is 14.4 Å². The van der Waals surface area contributed by atoms with Crippen LogP contribution in [0.25, 0.3) is 10.9 Å². The third-order valence-electron chi connectivity index (χ3n) is 2.90. The molecule has 2 aromatic carbocycles. The van der Waals surface area contributed by atoms with Crippen molar-refractivity contribution in [2.75, 3.05) is 11.1 Å². The van der Waals surface area contributed by atoms with Gasteiger partial charge in [0.15, 0.2) is 0 Å². The molecule has 0 saturated carbocycles. The molecule has 0 aliphatic heterocycles. The zero-order valence-corrected chi connectivity index (χ0v) is 14.1. The number of rotatable bonds is 2. The molecule has 4 nitrogen and oxygen atoms in total. The summed E-state index contributed by atoms with van der Waals surface area (Å²) >= 11 is 11.9. The van der Waals surface area contributed by atoms with Crippen LogP contribution in [0.2, 0.25) is 10.0 Å². The van der Waals surface area contributed by atoms with E-state index in [1.54, 1.807) is 18.2 Å². The van der Waals surface area contributed by atoms with Gasteiger partial charge in [0, 0.05) is 16.8 Å². The van der Waals surface area contributed by atoms with Crippen LogP contribution in [-0.2, 0) is 0 Å². The van der Waals surface area contributed by atoms with E-state index in [9.17, 15) is 4.39 Å². The number of halogens is 3. The Labute approximate surface area is 143 Å². The van der Waals surface area contributed by atoms with Crippen molar-refractivity contribution in [3.05, 3.63) is 52.5 Å². The lowest BCUT2D eigenvalue weighted by Gasteiger charge is -2.10. The van der Waals surface area contributed by atoms with Crippen LogP contribution in [0.5, 0.6) is 0 Å². The topological polar surface area (TPSA) is 63.8 Å². The molecule has 0 saturated heterocycles. The first kappa shape index (κ1) is 17.2. The average molecular weight is 353 g/mol. The molecule has 0 atom stereocenters. The zero-order chi connectivity index (χ0) is 17.0. The summed E-state index contributed by atoms with van der Waals surface area (Å²) in [5.41, 5.74) is 7.47. The van der Waals surface area contributed by atoms with E-state index < -0.39 is 5.82 Å². The first-order chi connectivity index (χ1) is 11.0. The fraction of sp³-hybridized carbons (Fsp3) is 0.125. The summed E-state index contributed by atoms with van der Waals surface area (Å²) in [6.45, 7) is 4.00. The number of nitrogens with zero attached hydrogens (tertiary/aromatic N) is 2. The fourth-order valence-corrected chi connectivity index (χ4v) is 2.41. The van der Waals surface area contributed by atoms with Crippen molar-refractivity contribution in [1.82, 2.24) is 9.97 Å². The lowest BCUT2D eigenvalue weighted by atomic mass is 10.2. The number of nitrogens with two attached hydrogens (primary N) is 1. The highest BCUT2D eigenvalue weighted by Gasteiger charge is 2.09. The van der Waals surface area contributed by atoms with Crippen molar-refractivity contribution >= 4 is 51.3 Å². The van der Waals surface area contributed by atoms with Crippen molar-refractivity contribution < 1.29 is 4.39 Å². The number of hydrogen-bond acceptors (Lipinski definition) is 4. The Balaban J connectivity index is 0.000000924. The molecule has 1 aromatic heterocycles. The van der Waals surface area contributed by atoms with Crippen molar-refractivity contribution in [3.63, 3.8) is 0 Å². The summed E-state index contributed by atoms with van der Waals surface area (Å²) in [5, 5.41) is 4.18. The van der Waals surface area contributed by atoms with E-state index in [0.29, 0.717) is 33.1 Å². The van der Waals surface area contributed by atoms with Gasteiger partial charge in [-0.15, -0.1) is 0 Å². The van der Waals surface area contributed by atoms with Crippen LogP contribution >= 0.6 is 23.2 Å². The van der Waals surface area contributed by atoms with Crippen LogP contribution < -0.4 is 11.1 Å². The molecule has 0 radical (unpaired) electrons. The molecule has 0 fully saturated rings. The molecule has 0 spiro atoms. The Bertz CT molecular complexity index is 840.